The Labute approximate surface area is 182 Å². The van der Waals surface area contributed by atoms with Crippen molar-refractivity contribution >= 4 is 39.0 Å². The number of nitrogens with one attached hydrogen (secondary N) is 1. The first kappa shape index (κ1) is 22.4. The molecule has 4 N–H and O–H groups in total. The van der Waals surface area contributed by atoms with Crippen molar-refractivity contribution < 1.29 is 28.6 Å². The molecule has 0 aliphatic heterocycles. The van der Waals surface area contributed by atoms with E-state index in [1.54, 1.807) is 12.1 Å². The van der Waals surface area contributed by atoms with Crippen LogP contribution in [0.15, 0.2) is 65.6 Å². The molecule has 0 radical (unpaired) electrons. The number of aromatic hydroxyl groups is 1. The van der Waals surface area contributed by atoms with Gasteiger partial charge in [0.25, 0.3) is 10.0 Å². The first-order valence-corrected chi connectivity index (χ1v) is 10.5. The van der Waals surface area contributed by atoms with Gasteiger partial charge in [0.15, 0.2) is 0 Å². The summed E-state index contributed by atoms with van der Waals surface area (Å²) in [6.45, 7) is 0. The fraction of sp³-hybridized carbons (Fsp3) is 0.0500. The lowest BCUT2D eigenvalue weighted by Crippen LogP contribution is -2.15. The number of anilines is 2. The van der Waals surface area contributed by atoms with Gasteiger partial charge >= 0.3 is 5.97 Å². The largest absolute Gasteiger partial charge is 0.733 e. The highest BCUT2D eigenvalue weighted by atomic mass is 35.5. The van der Waals surface area contributed by atoms with Gasteiger partial charge in [0.1, 0.15) is 10.6 Å². The molecule has 0 aromatic heterocycles. The van der Waals surface area contributed by atoms with Gasteiger partial charge in [-0.15, -0.1) is 0 Å². The van der Waals surface area contributed by atoms with Crippen molar-refractivity contribution in [2.24, 2.45) is 0 Å². The predicted octanol–water partition coefficient (Wildman–Crippen LogP) is 3.83. The number of phenols is 1. The first-order chi connectivity index (χ1) is 14.5. The number of phenolic OH excluding ortho intramolecular Hbond substituents is 1. The second-order valence-electron chi connectivity index (χ2n) is 6.56. The molecule has 0 aliphatic rings. The van der Waals surface area contributed by atoms with Crippen molar-refractivity contribution in [3.8, 4) is 5.75 Å². The summed E-state index contributed by atoms with van der Waals surface area (Å²) in [6.07, 6.45) is 0.270. The highest BCUT2D eigenvalue weighted by Crippen LogP contribution is 2.28. The summed E-state index contributed by atoms with van der Waals surface area (Å²) in [5, 5.41) is 38.6. The molecular formula is C20H16ClN2O7S-. The number of benzene rings is 3. The fourth-order valence-electron chi connectivity index (χ4n) is 2.85. The zero-order valence-corrected chi connectivity index (χ0v) is 17.3. The third-order valence-corrected chi connectivity index (χ3v) is 6.13. The van der Waals surface area contributed by atoms with Crippen LogP contribution in [0.2, 0.25) is 5.02 Å². The van der Waals surface area contributed by atoms with Gasteiger partial charge in [0.2, 0.25) is 0 Å². The Bertz CT molecular complexity index is 1230. The number of hydrogen-bond acceptors (Lipinski definition) is 7. The van der Waals surface area contributed by atoms with E-state index >= 15 is 0 Å². The normalized spacial score (nSPS) is 11.2. The van der Waals surface area contributed by atoms with Crippen LogP contribution >= 0.6 is 11.6 Å². The smallest absolute Gasteiger partial charge is 0.335 e. The fourth-order valence-corrected chi connectivity index (χ4v) is 4.41. The third-order valence-electron chi connectivity index (χ3n) is 4.26. The van der Waals surface area contributed by atoms with Crippen LogP contribution in [0.1, 0.15) is 21.5 Å². The van der Waals surface area contributed by atoms with Crippen molar-refractivity contribution in [2.75, 3.05) is 9.95 Å². The van der Waals surface area contributed by atoms with Crippen LogP contribution in [-0.4, -0.2) is 29.8 Å². The molecule has 0 atom stereocenters. The zero-order chi connectivity index (χ0) is 22.8. The van der Waals surface area contributed by atoms with E-state index in [0.29, 0.717) is 5.56 Å². The van der Waals surface area contributed by atoms with Crippen LogP contribution in [0.3, 0.4) is 0 Å². The maximum absolute atomic E-state index is 12.8. The standard InChI is InChI=1S/C20H16ClN2O7S/c21-18-6-3-14(20(25)26)10-19(18)31(29,30)22-15-8-13(9-16(11-15)23(27)28)7-12-1-4-17(24)5-2-12/h1-6,8-11,22,24,27H,7H2,(H,25,26)/q-1. The molecule has 0 bridgehead atoms. The summed E-state index contributed by atoms with van der Waals surface area (Å²) in [6, 6.07) is 13.4. The van der Waals surface area contributed by atoms with E-state index in [1.807, 2.05) is 0 Å². The number of carboxylic acids is 1. The van der Waals surface area contributed by atoms with E-state index in [2.05, 4.69) is 4.72 Å². The van der Waals surface area contributed by atoms with Gasteiger partial charge in [-0.25, -0.2) is 13.2 Å². The predicted molar refractivity (Wildman–Crippen MR) is 114 cm³/mol. The second-order valence-corrected chi connectivity index (χ2v) is 8.62. The zero-order valence-electron chi connectivity index (χ0n) is 15.7. The maximum Gasteiger partial charge on any atom is 0.335 e. The summed E-state index contributed by atoms with van der Waals surface area (Å²) >= 11 is 5.95. The van der Waals surface area contributed by atoms with Crippen molar-refractivity contribution in [1.82, 2.24) is 0 Å². The van der Waals surface area contributed by atoms with E-state index in [4.69, 9.17) is 16.7 Å². The van der Waals surface area contributed by atoms with Crippen LogP contribution < -0.4 is 9.95 Å². The number of hydrogen-bond donors (Lipinski definition) is 4. The second kappa shape index (κ2) is 8.82. The topological polar surface area (TPSA) is 150 Å². The monoisotopic (exact) mass is 463 g/mol. The molecule has 0 saturated carbocycles. The van der Waals surface area contributed by atoms with E-state index in [-0.39, 0.29) is 34.1 Å². The molecule has 0 spiro atoms. The highest BCUT2D eigenvalue weighted by Gasteiger charge is 2.21. The van der Waals surface area contributed by atoms with Crippen molar-refractivity contribution in [3.63, 3.8) is 0 Å². The van der Waals surface area contributed by atoms with E-state index in [9.17, 15) is 28.7 Å². The number of nitrogens with zero attached hydrogens (tertiary/aromatic N) is 1. The number of rotatable bonds is 7. The Kier molecular flexibility index (Phi) is 6.37. The van der Waals surface area contributed by atoms with Gasteiger partial charge in [-0.05, 0) is 66.1 Å². The van der Waals surface area contributed by atoms with Crippen LogP contribution in [-0.2, 0) is 16.4 Å². The minimum absolute atomic E-state index is 0.0435. The Balaban J connectivity index is 1.98. The third kappa shape index (κ3) is 5.44. The number of sulfonamides is 1. The molecule has 3 rings (SSSR count). The molecule has 0 saturated heterocycles. The molecule has 0 fully saturated rings. The molecule has 0 unspecified atom stereocenters. The summed E-state index contributed by atoms with van der Waals surface area (Å²) in [5.41, 5.74) is 0.711. The molecule has 162 valence electrons. The summed E-state index contributed by atoms with van der Waals surface area (Å²) < 4.78 is 27.9. The summed E-state index contributed by atoms with van der Waals surface area (Å²) in [5.74, 6) is -1.25. The van der Waals surface area contributed by atoms with E-state index in [1.165, 1.54) is 30.3 Å². The van der Waals surface area contributed by atoms with Crippen LogP contribution in [0.5, 0.6) is 5.75 Å². The average Bonchev–Trinajstić information content (AvgIpc) is 2.69. The first-order valence-electron chi connectivity index (χ1n) is 8.69. The van der Waals surface area contributed by atoms with Gasteiger partial charge in [-0.1, -0.05) is 23.7 Å². The molecule has 31 heavy (non-hydrogen) atoms. The van der Waals surface area contributed by atoms with E-state index < -0.39 is 26.1 Å². The molecule has 0 aliphatic carbocycles. The molecule has 3 aromatic carbocycles. The number of halogens is 1. The molecule has 9 nitrogen and oxygen atoms in total. The lowest BCUT2D eigenvalue weighted by atomic mass is 10.0. The molecule has 3 aromatic rings. The lowest BCUT2D eigenvalue weighted by Gasteiger charge is -2.23. The number of carboxylic acid groups (broad SMARTS) is 1. The lowest BCUT2D eigenvalue weighted by molar-refractivity contribution is 0.0696. The Morgan fingerprint density at radius 1 is 1.03 bits per heavy atom. The van der Waals surface area contributed by atoms with Crippen molar-refractivity contribution in [3.05, 3.63) is 87.6 Å². The SMILES string of the molecule is O=C(O)c1ccc(Cl)c(S(=O)(=O)Nc2cc(Cc3ccc(O)cc3)cc(N([O-])O)c2)c1. The van der Waals surface area contributed by atoms with Crippen LogP contribution in [0, 0.1) is 5.21 Å². The Hall–Kier alpha value is -3.31. The number of aromatic carboxylic acids is 1. The minimum Gasteiger partial charge on any atom is -0.733 e. The van der Waals surface area contributed by atoms with Crippen molar-refractivity contribution in [2.45, 2.75) is 11.3 Å². The maximum atomic E-state index is 12.8. The summed E-state index contributed by atoms with van der Waals surface area (Å²) in [7, 11) is -4.32. The van der Waals surface area contributed by atoms with Crippen LogP contribution in [0.4, 0.5) is 11.4 Å². The molecule has 11 heteroatoms. The molecule has 0 amide bonds. The Morgan fingerprint density at radius 3 is 2.32 bits per heavy atom. The highest BCUT2D eigenvalue weighted by molar-refractivity contribution is 7.92. The average molecular weight is 464 g/mol. The van der Waals surface area contributed by atoms with Gasteiger partial charge in [-0.3, -0.25) is 9.93 Å². The molecule has 0 heterocycles. The van der Waals surface area contributed by atoms with Gasteiger partial charge < -0.3 is 20.6 Å². The minimum atomic E-state index is -4.32. The van der Waals surface area contributed by atoms with E-state index in [0.717, 1.165) is 23.8 Å². The Morgan fingerprint density at radius 2 is 1.71 bits per heavy atom. The van der Waals surface area contributed by atoms with Gasteiger partial charge in [-0.2, -0.15) is 0 Å². The molecular weight excluding hydrogens is 448 g/mol. The van der Waals surface area contributed by atoms with Crippen LogP contribution in [0.25, 0.3) is 0 Å². The summed E-state index contributed by atoms with van der Waals surface area (Å²) in [4.78, 5) is 10.7. The number of carbonyl (C=O) groups is 1. The van der Waals surface area contributed by atoms with Gasteiger partial charge in [0, 0.05) is 0 Å². The quantitative estimate of drug-likeness (QED) is 0.386. The van der Waals surface area contributed by atoms with Gasteiger partial charge in [0.05, 0.1) is 22.0 Å². The van der Waals surface area contributed by atoms with Crippen molar-refractivity contribution in [1.29, 1.82) is 0 Å².